The summed E-state index contributed by atoms with van der Waals surface area (Å²) in [6.07, 6.45) is 5.26. The van der Waals surface area contributed by atoms with Crippen molar-refractivity contribution >= 4 is 27.6 Å². The smallest absolute Gasteiger partial charge is 0.251 e. The summed E-state index contributed by atoms with van der Waals surface area (Å²) in [6.45, 7) is 8.04. The third-order valence-electron chi connectivity index (χ3n) is 7.96. The Hall–Kier alpha value is -4.10. The highest BCUT2D eigenvalue weighted by molar-refractivity contribution is 6.07. The summed E-state index contributed by atoms with van der Waals surface area (Å²) in [5.41, 5.74) is 3.22. The molecule has 1 aromatic heterocycles. The van der Waals surface area contributed by atoms with Gasteiger partial charge in [0.15, 0.2) is 11.5 Å². The second-order valence-electron chi connectivity index (χ2n) is 10.5. The topological polar surface area (TPSA) is 72.9 Å². The van der Waals surface area contributed by atoms with Gasteiger partial charge in [-0.1, -0.05) is 24.3 Å². The number of amides is 1. The summed E-state index contributed by atoms with van der Waals surface area (Å²) in [6, 6.07) is 17.0. The van der Waals surface area contributed by atoms with Crippen molar-refractivity contribution in [3.05, 3.63) is 78.5 Å². The maximum atomic E-state index is 12.2. The molecule has 1 saturated heterocycles. The number of nitrogens with zero attached hydrogens (tertiary/aromatic N) is 2. The van der Waals surface area contributed by atoms with Gasteiger partial charge in [-0.05, 0) is 66.4 Å². The van der Waals surface area contributed by atoms with Crippen molar-refractivity contribution < 1.29 is 19.0 Å². The Morgan fingerprint density at radius 1 is 1.08 bits per heavy atom. The third kappa shape index (κ3) is 4.90. The minimum atomic E-state index is -0.117. The van der Waals surface area contributed by atoms with Gasteiger partial charge in [-0.2, -0.15) is 0 Å². The first kappa shape index (κ1) is 25.2. The number of ether oxygens (including phenoxy) is 3. The zero-order valence-electron chi connectivity index (χ0n) is 22.5. The highest BCUT2D eigenvalue weighted by atomic mass is 16.5. The van der Waals surface area contributed by atoms with E-state index in [1.165, 1.54) is 18.4 Å². The molecule has 39 heavy (non-hydrogen) atoms. The van der Waals surface area contributed by atoms with Crippen LogP contribution < -0.4 is 19.5 Å². The first-order valence-electron chi connectivity index (χ1n) is 13.4. The molecule has 0 atom stereocenters. The van der Waals surface area contributed by atoms with Crippen LogP contribution in [0.4, 0.5) is 0 Å². The van der Waals surface area contributed by atoms with Crippen molar-refractivity contribution in [1.82, 2.24) is 15.2 Å². The van der Waals surface area contributed by atoms with Gasteiger partial charge in [0.2, 0.25) is 0 Å². The number of rotatable bonds is 9. The average molecular weight is 524 g/mol. The predicted octanol–water partition coefficient (Wildman–Crippen LogP) is 5.97. The van der Waals surface area contributed by atoms with Gasteiger partial charge in [0, 0.05) is 55.3 Å². The maximum absolute atomic E-state index is 12.2. The second-order valence-corrected chi connectivity index (χ2v) is 10.5. The highest BCUT2D eigenvalue weighted by Crippen LogP contribution is 2.55. The van der Waals surface area contributed by atoms with Crippen LogP contribution in [0.3, 0.4) is 0 Å². The van der Waals surface area contributed by atoms with Crippen LogP contribution in [0.15, 0.2) is 72.9 Å². The Morgan fingerprint density at radius 3 is 2.72 bits per heavy atom. The average Bonchev–Trinajstić information content (AvgIpc) is 3.67. The number of carbonyl (C=O) groups excluding carboxylic acids is 1. The molecule has 2 heterocycles. The van der Waals surface area contributed by atoms with Crippen molar-refractivity contribution in [2.75, 3.05) is 40.4 Å². The molecule has 1 saturated carbocycles. The maximum Gasteiger partial charge on any atom is 0.251 e. The fourth-order valence-corrected chi connectivity index (χ4v) is 5.60. The van der Waals surface area contributed by atoms with Crippen molar-refractivity contribution in [3.63, 3.8) is 0 Å². The molecule has 0 unspecified atom stereocenters. The van der Waals surface area contributed by atoms with Gasteiger partial charge in [0.05, 0.1) is 19.2 Å². The molecule has 1 aliphatic carbocycles. The summed E-state index contributed by atoms with van der Waals surface area (Å²) in [5.74, 6) is 2.52. The van der Waals surface area contributed by atoms with E-state index in [-0.39, 0.29) is 5.91 Å². The van der Waals surface area contributed by atoms with Crippen LogP contribution in [-0.2, 0) is 0 Å². The van der Waals surface area contributed by atoms with E-state index < -0.39 is 0 Å². The molecule has 4 aromatic rings. The van der Waals surface area contributed by atoms with Gasteiger partial charge >= 0.3 is 0 Å². The number of pyridine rings is 1. The fraction of sp³-hybridized carbons (Fsp3) is 0.312. The lowest BCUT2D eigenvalue weighted by Gasteiger charge is -2.17. The van der Waals surface area contributed by atoms with E-state index in [0.29, 0.717) is 40.6 Å². The molecule has 7 nitrogen and oxygen atoms in total. The van der Waals surface area contributed by atoms with E-state index in [9.17, 15) is 4.79 Å². The molecule has 200 valence electrons. The lowest BCUT2D eigenvalue weighted by atomic mass is 10.0. The number of carbonyl (C=O) groups is 1. The van der Waals surface area contributed by atoms with E-state index in [0.717, 1.165) is 47.7 Å². The Labute approximate surface area is 228 Å². The Kier molecular flexibility index (Phi) is 6.61. The SMILES string of the molecule is C=C1CN(CCCOc2cc3nccc(Oc4ccc5c(C(=O)NC)cccc5c4)c3cc2OC)CC12CC2. The summed E-state index contributed by atoms with van der Waals surface area (Å²) in [4.78, 5) is 19.3. The predicted molar refractivity (Wildman–Crippen MR) is 153 cm³/mol. The van der Waals surface area contributed by atoms with E-state index in [1.54, 1.807) is 20.4 Å². The van der Waals surface area contributed by atoms with Crippen LogP contribution in [0, 0.1) is 5.41 Å². The molecule has 3 aromatic carbocycles. The van der Waals surface area contributed by atoms with Gasteiger partial charge in [-0.3, -0.25) is 14.7 Å². The third-order valence-corrected chi connectivity index (χ3v) is 7.96. The number of methoxy groups -OCH3 is 1. The largest absolute Gasteiger partial charge is 0.493 e. The normalized spacial score (nSPS) is 16.1. The number of nitrogens with one attached hydrogen (secondary N) is 1. The molecular formula is C32H33N3O4. The molecule has 1 aliphatic heterocycles. The monoisotopic (exact) mass is 523 g/mol. The molecule has 0 bridgehead atoms. The number of hydrogen-bond donors (Lipinski definition) is 1. The van der Waals surface area contributed by atoms with Gasteiger partial charge in [0.1, 0.15) is 11.5 Å². The summed E-state index contributed by atoms with van der Waals surface area (Å²) >= 11 is 0. The summed E-state index contributed by atoms with van der Waals surface area (Å²) < 4.78 is 18.1. The second kappa shape index (κ2) is 10.2. The van der Waals surface area contributed by atoms with Crippen LogP contribution in [-0.4, -0.2) is 56.2 Å². The molecule has 1 N–H and O–H groups in total. The van der Waals surface area contributed by atoms with Crippen molar-refractivity contribution in [3.8, 4) is 23.0 Å². The van der Waals surface area contributed by atoms with Gasteiger partial charge in [0.25, 0.3) is 5.91 Å². The van der Waals surface area contributed by atoms with Crippen LogP contribution >= 0.6 is 0 Å². The van der Waals surface area contributed by atoms with E-state index in [1.807, 2.05) is 54.6 Å². The Bertz CT molecular complexity index is 1580. The van der Waals surface area contributed by atoms with Crippen molar-refractivity contribution in [1.29, 1.82) is 0 Å². The molecule has 1 amide bonds. The number of hydrogen-bond acceptors (Lipinski definition) is 6. The molecular weight excluding hydrogens is 490 g/mol. The highest BCUT2D eigenvalue weighted by Gasteiger charge is 2.50. The van der Waals surface area contributed by atoms with E-state index in [4.69, 9.17) is 14.2 Å². The van der Waals surface area contributed by atoms with Gasteiger partial charge < -0.3 is 19.5 Å². The van der Waals surface area contributed by atoms with Crippen LogP contribution in [0.2, 0.25) is 0 Å². The van der Waals surface area contributed by atoms with Crippen LogP contribution in [0.5, 0.6) is 23.0 Å². The molecule has 6 rings (SSSR count). The Morgan fingerprint density at radius 2 is 1.95 bits per heavy atom. The van der Waals surface area contributed by atoms with E-state index >= 15 is 0 Å². The molecule has 7 heteroatoms. The number of fused-ring (bicyclic) bond motifs is 2. The summed E-state index contributed by atoms with van der Waals surface area (Å²) in [5, 5.41) is 5.31. The lowest BCUT2D eigenvalue weighted by molar-refractivity contribution is 0.0964. The zero-order valence-corrected chi connectivity index (χ0v) is 22.5. The van der Waals surface area contributed by atoms with Gasteiger partial charge in [-0.15, -0.1) is 0 Å². The van der Waals surface area contributed by atoms with Crippen molar-refractivity contribution in [2.45, 2.75) is 19.3 Å². The van der Waals surface area contributed by atoms with E-state index in [2.05, 4.69) is 21.8 Å². The minimum Gasteiger partial charge on any atom is -0.493 e. The quantitative estimate of drug-likeness (QED) is 0.215. The molecule has 0 radical (unpaired) electrons. The first-order chi connectivity index (χ1) is 19.0. The molecule has 1 spiro atoms. The number of benzene rings is 3. The van der Waals surface area contributed by atoms with Crippen molar-refractivity contribution in [2.24, 2.45) is 5.41 Å². The molecule has 2 aliphatic rings. The lowest BCUT2D eigenvalue weighted by Crippen LogP contribution is -2.23. The standard InChI is InChI=1S/C32H33N3O4/c1-21-19-35(20-32(21)11-12-32)14-5-15-38-30-18-27-26(17-29(30)37-3)28(10-13-34-27)39-23-8-9-24-22(16-23)6-4-7-25(24)31(36)33-2/h4,6-10,13,16-18H,1,5,11-12,14-15,19-20H2,2-3H3,(H,33,36). The number of aromatic nitrogens is 1. The molecule has 2 fully saturated rings. The fourth-order valence-electron chi connectivity index (χ4n) is 5.60. The van der Waals surface area contributed by atoms with Gasteiger partial charge in [-0.25, -0.2) is 0 Å². The van der Waals surface area contributed by atoms with Crippen LogP contribution in [0.1, 0.15) is 29.6 Å². The zero-order chi connectivity index (χ0) is 27.0. The van der Waals surface area contributed by atoms with Crippen LogP contribution in [0.25, 0.3) is 21.7 Å². The number of likely N-dealkylation sites (tertiary alicyclic amines) is 1. The first-order valence-corrected chi connectivity index (χ1v) is 13.4. The Balaban J connectivity index is 1.17. The summed E-state index contributed by atoms with van der Waals surface area (Å²) in [7, 11) is 3.27. The minimum absolute atomic E-state index is 0.117.